The van der Waals surface area contributed by atoms with Crippen LogP contribution in [0.15, 0.2) is 0 Å². The lowest BCUT2D eigenvalue weighted by molar-refractivity contribution is 0.246. The first-order chi connectivity index (χ1) is 3.88. The van der Waals surface area contributed by atoms with E-state index in [1.807, 2.05) is 0 Å². The van der Waals surface area contributed by atoms with Crippen molar-refractivity contribution in [3.8, 4) is 12.3 Å². The van der Waals surface area contributed by atoms with E-state index < -0.39 is 0 Å². The maximum atomic E-state index is 5.40. The molecule has 1 saturated carbocycles. The van der Waals surface area contributed by atoms with Gasteiger partial charge in [0.2, 0.25) is 0 Å². The van der Waals surface area contributed by atoms with Crippen molar-refractivity contribution < 1.29 is 0 Å². The van der Waals surface area contributed by atoms with Crippen LogP contribution < -0.4 is 5.73 Å². The summed E-state index contributed by atoms with van der Waals surface area (Å²) in [5, 5.41) is 0. The van der Waals surface area contributed by atoms with Crippen LogP contribution in [0.1, 0.15) is 12.8 Å². The maximum Gasteiger partial charge on any atom is 0.0240 e. The van der Waals surface area contributed by atoms with E-state index in [0.717, 1.165) is 6.54 Å². The minimum atomic E-state index is 0.500. The fourth-order valence-corrected chi connectivity index (χ4v) is 1.07. The molecule has 0 aliphatic heterocycles. The largest absolute Gasteiger partial charge is 0.330 e. The lowest BCUT2D eigenvalue weighted by Gasteiger charge is -2.31. The molecule has 1 rings (SSSR count). The van der Waals surface area contributed by atoms with Gasteiger partial charge in [0, 0.05) is 5.92 Å². The summed E-state index contributed by atoms with van der Waals surface area (Å²) < 4.78 is 0. The average molecular weight is 109 g/mol. The fourth-order valence-electron chi connectivity index (χ4n) is 1.07. The third-order valence-corrected chi connectivity index (χ3v) is 1.93. The van der Waals surface area contributed by atoms with Crippen LogP contribution in [-0.4, -0.2) is 6.54 Å². The van der Waals surface area contributed by atoms with Gasteiger partial charge in [0.1, 0.15) is 0 Å². The van der Waals surface area contributed by atoms with Crippen molar-refractivity contribution in [2.45, 2.75) is 12.8 Å². The number of hydrogen-bond acceptors (Lipinski definition) is 1. The van der Waals surface area contributed by atoms with E-state index in [1.165, 1.54) is 12.8 Å². The maximum absolute atomic E-state index is 5.40. The van der Waals surface area contributed by atoms with Crippen molar-refractivity contribution in [1.82, 2.24) is 0 Å². The van der Waals surface area contributed by atoms with Gasteiger partial charge in [-0.05, 0) is 25.3 Å². The first kappa shape index (κ1) is 5.65. The minimum Gasteiger partial charge on any atom is -0.330 e. The van der Waals surface area contributed by atoms with Crippen molar-refractivity contribution in [3.63, 3.8) is 0 Å². The number of terminal acetylenes is 1. The molecule has 1 aliphatic rings. The van der Waals surface area contributed by atoms with Gasteiger partial charge < -0.3 is 5.73 Å². The molecule has 0 amide bonds. The van der Waals surface area contributed by atoms with Crippen molar-refractivity contribution in [1.29, 1.82) is 0 Å². The highest BCUT2D eigenvalue weighted by molar-refractivity contribution is 5.02. The highest BCUT2D eigenvalue weighted by atomic mass is 14.6. The normalized spacial score (nSPS) is 35.5. The molecule has 1 nitrogen and oxygen atoms in total. The van der Waals surface area contributed by atoms with E-state index in [1.54, 1.807) is 0 Å². The van der Waals surface area contributed by atoms with Crippen molar-refractivity contribution in [2.75, 3.05) is 6.54 Å². The second-order valence-corrected chi connectivity index (χ2v) is 2.35. The molecular weight excluding hydrogens is 98.1 g/mol. The molecule has 0 aromatic carbocycles. The van der Waals surface area contributed by atoms with Gasteiger partial charge >= 0.3 is 0 Å². The van der Waals surface area contributed by atoms with Crippen LogP contribution in [0.3, 0.4) is 0 Å². The van der Waals surface area contributed by atoms with E-state index in [2.05, 4.69) is 5.92 Å². The van der Waals surface area contributed by atoms with Crippen LogP contribution in [0.5, 0.6) is 0 Å². The molecular formula is C7H11N. The summed E-state index contributed by atoms with van der Waals surface area (Å²) in [6.07, 6.45) is 7.63. The highest BCUT2D eigenvalue weighted by Crippen LogP contribution is 2.32. The molecule has 0 saturated heterocycles. The van der Waals surface area contributed by atoms with Crippen LogP contribution in [0.25, 0.3) is 0 Å². The van der Waals surface area contributed by atoms with E-state index >= 15 is 0 Å². The Morgan fingerprint density at radius 3 is 2.50 bits per heavy atom. The molecule has 0 aromatic heterocycles. The molecule has 1 heteroatoms. The molecule has 44 valence electrons. The Labute approximate surface area is 50.3 Å². The quantitative estimate of drug-likeness (QED) is 0.490. The molecule has 8 heavy (non-hydrogen) atoms. The van der Waals surface area contributed by atoms with Gasteiger partial charge in [-0.25, -0.2) is 0 Å². The Bertz CT molecular complexity index is 110. The molecule has 1 fully saturated rings. The average Bonchev–Trinajstić information content (AvgIpc) is 1.66. The van der Waals surface area contributed by atoms with Crippen LogP contribution in [0, 0.1) is 24.2 Å². The topological polar surface area (TPSA) is 26.0 Å². The zero-order chi connectivity index (χ0) is 5.98. The lowest BCUT2D eigenvalue weighted by Crippen LogP contribution is -2.31. The van der Waals surface area contributed by atoms with Crippen LogP contribution in [0.4, 0.5) is 0 Å². The summed E-state index contributed by atoms with van der Waals surface area (Å²) in [5.74, 6) is 3.86. The summed E-state index contributed by atoms with van der Waals surface area (Å²) in [6, 6.07) is 0. The smallest absolute Gasteiger partial charge is 0.0240 e. The fraction of sp³-hybridized carbons (Fsp3) is 0.714. The zero-order valence-electron chi connectivity index (χ0n) is 4.93. The van der Waals surface area contributed by atoms with E-state index in [0.29, 0.717) is 11.8 Å². The molecule has 0 bridgehead atoms. The Morgan fingerprint density at radius 1 is 1.62 bits per heavy atom. The Hall–Kier alpha value is -0.480. The Balaban J connectivity index is 2.29. The van der Waals surface area contributed by atoms with Gasteiger partial charge in [-0.1, -0.05) is 0 Å². The van der Waals surface area contributed by atoms with Crippen molar-refractivity contribution in [2.24, 2.45) is 17.6 Å². The van der Waals surface area contributed by atoms with Crippen LogP contribution in [-0.2, 0) is 0 Å². The summed E-state index contributed by atoms with van der Waals surface area (Å²) in [7, 11) is 0. The van der Waals surface area contributed by atoms with Crippen molar-refractivity contribution in [3.05, 3.63) is 0 Å². The molecule has 2 atom stereocenters. The van der Waals surface area contributed by atoms with Gasteiger partial charge in [0.15, 0.2) is 0 Å². The lowest BCUT2D eigenvalue weighted by atomic mass is 9.74. The van der Waals surface area contributed by atoms with E-state index in [-0.39, 0.29) is 0 Å². The summed E-state index contributed by atoms with van der Waals surface area (Å²) in [6.45, 7) is 0.773. The molecule has 0 heterocycles. The predicted molar refractivity (Wildman–Crippen MR) is 34.1 cm³/mol. The summed E-state index contributed by atoms with van der Waals surface area (Å²) in [4.78, 5) is 0. The molecule has 0 radical (unpaired) electrons. The number of rotatable bonds is 1. The molecule has 2 N–H and O–H groups in total. The number of nitrogens with two attached hydrogens (primary N) is 1. The van der Waals surface area contributed by atoms with E-state index in [9.17, 15) is 0 Å². The first-order valence-electron chi connectivity index (χ1n) is 3.04. The summed E-state index contributed by atoms with van der Waals surface area (Å²) in [5.41, 5.74) is 5.40. The second-order valence-electron chi connectivity index (χ2n) is 2.35. The van der Waals surface area contributed by atoms with Crippen LogP contribution >= 0.6 is 0 Å². The Morgan fingerprint density at radius 2 is 2.38 bits per heavy atom. The second kappa shape index (κ2) is 2.19. The van der Waals surface area contributed by atoms with E-state index in [4.69, 9.17) is 12.2 Å². The third kappa shape index (κ3) is 0.719. The van der Waals surface area contributed by atoms with Crippen LogP contribution in [0.2, 0.25) is 0 Å². The molecule has 0 spiro atoms. The SMILES string of the molecule is C#C[C@H]1CC[C@H]1CN. The number of hydrogen-bond donors (Lipinski definition) is 1. The first-order valence-corrected chi connectivity index (χ1v) is 3.04. The summed E-state index contributed by atoms with van der Waals surface area (Å²) >= 11 is 0. The van der Waals surface area contributed by atoms with Gasteiger partial charge in [-0.15, -0.1) is 12.3 Å². The standard InChI is InChI=1S/C7H11N/c1-2-6-3-4-7(6)5-8/h1,6-7H,3-5,8H2/t6-,7-/m0/s1. The molecule has 1 aliphatic carbocycles. The molecule has 0 unspecified atom stereocenters. The van der Waals surface area contributed by atoms with Gasteiger partial charge in [-0.2, -0.15) is 0 Å². The van der Waals surface area contributed by atoms with Gasteiger partial charge in [0.05, 0.1) is 0 Å². The monoisotopic (exact) mass is 109 g/mol. The molecule has 0 aromatic rings. The Kier molecular flexibility index (Phi) is 1.55. The third-order valence-electron chi connectivity index (χ3n) is 1.93. The van der Waals surface area contributed by atoms with Gasteiger partial charge in [0.25, 0.3) is 0 Å². The van der Waals surface area contributed by atoms with Gasteiger partial charge in [-0.3, -0.25) is 0 Å². The van der Waals surface area contributed by atoms with Crippen molar-refractivity contribution >= 4 is 0 Å². The highest BCUT2D eigenvalue weighted by Gasteiger charge is 2.26. The zero-order valence-corrected chi connectivity index (χ0v) is 4.93. The predicted octanol–water partition coefficient (Wildman–Crippen LogP) is 0.605. The minimum absolute atomic E-state index is 0.500.